The molecule has 1 N–H and O–H groups in total. The first kappa shape index (κ1) is 14.1. The van der Waals surface area contributed by atoms with Crippen LogP contribution in [-0.4, -0.2) is 29.8 Å². The lowest BCUT2D eigenvalue weighted by Gasteiger charge is -2.04. The molecular weight excluding hydrogens is 266 g/mol. The number of benzene rings is 1. The van der Waals surface area contributed by atoms with Crippen molar-refractivity contribution in [2.24, 2.45) is 5.92 Å². The molecular formula is C16H21N3O2. The molecule has 112 valence electrons. The molecule has 21 heavy (non-hydrogen) atoms. The average Bonchev–Trinajstić information content (AvgIpc) is 3.18. The molecule has 0 saturated carbocycles. The van der Waals surface area contributed by atoms with E-state index < -0.39 is 0 Å². The van der Waals surface area contributed by atoms with Crippen LogP contribution >= 0.6 is 0 Å². The highest BCUT2D eigenvalue weighted by Crippen LogP contribution is 2.15. The van der Waals surface area contributed by atoms with Crippen LogP contribution in [0.25, 0.3) is 0 Å². The number of hydrogen-bond acceptors (Lipinski definition) is 5. The summed E-state index contributed by atoms with van der Waals surface area (Å²) in [6, 6.07) is 9.77. The Bertz CT molecular complexity index is 535. The summed E-state index contributed by atoms with van der Waals surface area (Å²) in [5.41, 5.74) is 0. The largest absolute Gasteiger partial charge is 0.493 e. The number of nitrogens with zero attached hydrogens (tertiary/aromatic N) is 2. The second kappa shape index (κ2) is 7.22. The maximum atomic E-state index is 5.63. The number of ether oxygens (including phenoxy) is 1. The number of aromatic nitrogens is 2. The van der Waals surface area contributed by atoms with E-state index in [0.717, 1.165) is 49.3 Å². The Kier molecular flexibility index (Phi) is 4.84. The van der Waals surface area contributed by atoms with Crippen molar-refractivity contribution in [3.8, 4) is 5.75 Å². The first-order valence-electron chi connectivity index (χ1n) is 7.60. The molecule has 0 radical (unpaired) electrons. The highest BCUT2D eigenvalue weighted by Gasteiger charge is 2.16. The minimum absolute atomic E-state index is 0.565. The number of rotatable bonds is 7. The van der Waals surface area contributed by atoms with Crippen LogP contribution in [-0.2, 0) is 12.8 Å². The van der Waals surface area contributed by atoms with Gasteiger partial charge in [0.1, 0.15) is 5.75 Å². The standard InChI is InChI=1S/C16H21N3O2/c1-2-4-14(5-3-1)20-11-9-15-18-16(21-19-15)7-6-13-8-10-17-12-13/h1-5,13,17H,6-12H2. The molecule has 0 amide bonds. The lowest BCUT2D eigenvalue weighted by molar-refractivity contribution is 0.313. The zero-order chi connectivity index (χ0) is 14.3. The summed E-state index contributed by atoms with van der Waals surface area (Å²) in [7, 11) is 0. The van der Waals surface area contributed by atoms with Gasteiger partial charge in [-0.15, -0.1) is 0 Å². The van der Waals surface area contributed by atoms with Crippen LogP contribution in [0.3, 0.4) is 0 Å². The molecule has 1 unspecified atom stereocenters. The van der Waals surface area contributed by atoms with Crippen molar-refractivity contribution >= 4 is 0 Å². The first-order valence-corrected chi connectivity index (χ1v) is 7.60. The highest BCUT2D eigenvalue weighted by molar-refractivity contribution is 5.20. The molecule has 3 rings (SSSR count). The van der Waals surface area contributed by atoms with Gasteiger partial charge in [-0.3, -0.25) is 0 Å². The molecule has 2 aromatic rings. The van der Waals surface area contributed by atoms with Crippen LogP contribution in [0.4, 0.5) is 0 Å². The van der Waals surface area contributed by atoms with Crippen LogP contribution in [0.1, 0.15) is 24.6 Å². The van der Waals surface area contributed by atoms with Crippen molar-refractivity contribution in [1.29, 1.82) is 0 Å². The molecule has 1 aliphatic heterocycles. The SMILES string of the molecule is c1ccc(OCCc2noc(CCC3CCNC3)n2)cc1. The van der Waals surface area contributed by atoms with Gasteiger partial charge in [-0.25, -0.2) is 0 Å². The molecule has 1 saturated heterocycles. The summed E-state index contributed by atoms with van der Waals surface area (Å²) < 4.78 is 10.9. The van der Waals surface area contributed by atoms with Crippen LogP contribution in [0, 0.1) is 5.92 Å². The van der Waals surface area contributed by atoms with Gasteiger partial charge >= 0.3 is 0 Å². The first-order chi connectivity index (χ1) is 10.4. The number of nitrogens with one attached hydrogen (secondary N) is 1. The Hall–Kier alpha value is -1.88. The van der Waals surface area contributed by atoms with Crippen molar-refractivity contribution < 1.29 is 9.26 Å². The minimum atomic E-state index is 0.565. The smallest absolute Gasteiger partial charge is 0.226 e. The summed E-state index contributed by atoms with van der Waals surface area (Å²) in [6.07, 6.45) is 3.92. The number of hydrogen-bond donors (Lipinski definition) is 1. The molecule has 0 bridgehead atoms. The Morgan fingerprint density at radius 1 is 1.24 bits per heavy atom. The molecule has 1 aliphatic rings. The summed E-state index contributed by atoms with van der Waals surface area (Å²) in [5, 5.41) is 7.38. The zero-order valence-corrected chi connectivity index (χ0v) is 12.1. The normalized spacial score (nSPS) is 18.0. The van der Waals surface area contributed by atoms with Crippen molar-refractivity contribution in [2.75, 3.05) is 19.7 Å². The lowest BCUT2D eigenvalue weighted by Crippen LogP contribution is -2.09. The van der Waals surface area contributed by atoms with E-state index in [9.17, 15) is 0 Å². The molecule has 0 spiro atoms. The topological polar surface area (TPSA) is 60.2 Å². The van der Waals surface area contributed by atoms with Gasteiger partial charge in [0.2, 0.25) is 5.89 Å². The van der Waals surface area contributed by atoms with Gasteiger partial charge in [0, 0.05) is 12.8 Å². The maximum absolute atomic E-state index is 5.63. The van der Waals surface area contributed by atoms with Crippen molar-refractivity contribution in [3.63, 3.8) is 0 Å². The molecule has 1 fully saturated rings. The van der Waals surface area contributed by atoms with E-state index >= 15 is 0 Å². The van der Waals surface area contributed by atoms with Gasteiger partial charge < -0.3 is 14.6 Å². The Morgan fingerprint density at radius 2 is 2.14 bits per heavy atom. The van der Waals surface area contributed by atoms with Gasteiger partial charge in [-0.05, 0) is 44.0 Å². The van der Waals surface area contributed by atoms with Crippen LogP contribution < -0.4 is 10.1 Å². The van der Waals surface area contributed by atoms with E-state index in [1.54, 1.807) is 0 Å². The fraction of sp³-hybridized carbons (Fsp3) is 0.500. The number of aryl methyl sites for hydroxylation is 1. The third kappa shape index (κ3) is 4.29. The predicted molar refractivity (Wildman–Crippen MR) is 79.2 cm³/mol. The zero-order valence-electron chi connectivity index (χ0n) is 12.1. The van der Waals surface area contributed by atoms with Gasteiger partial charge in [-0.1, -0.05) is 23.4 Å². The van der Waals surface area contributed by atoms with Gasteiger partial charge in [0.05, 0.1) is 6.61 Å². The van der Waals surface area contributed by atoms with Crippen molar-refractivity contribution in [2.45, 2.75) is 25.7 Å². The molecule has 1 atom stereocenters. The fourth-order valence-electron chi connectivity index (χ4n) is 2.56. The highest BCUT2D eigenvalue weighted by atomic mass is 16.5. The van der Waals surface area contributed by atoms with Gasteiger partial charge in [0.25, 0.3) is 0 Å². The summed E-state index contributed by atoms with van der Waals surface area (Å²) in [5.74, 6) is 3.10. The quantitative estimate of drug-likeness (QED) is 0.846. The number of para-hydroxylation sites is 1. The van der Waals surface area contributed by atoms with Crippen LogP contribution in [0.15, 0.2) is 34.9 Å². The summed E-state index contributed by atoms with van der Waals surface area (Å²) >= 11 is 0. The Balaban J connectivity index is 1.40. The monoisotopic (exact) mass is 287 g/mol. The fourth-order valence-corrected chi connectivity index (χ4v) is 2.56. The molecule has 5 heteroatoms. The molecule has 0 aliphatic carbocycles. The van der Waals surface area contributed by atoms with E-state index in [0.29, 0.717) is 13.0 Å². The Morgan fingerprint density at radius 3 is 2.95 bits per heavy atom. The molecule has 1 aromatic heterocycles. The third-order valence-electron chi connectivity index (χ3n) is 3.78. The molecule has 1 aromatic carbocycles. The second-order valence-corrected chi connectivity index (χ2v) is 5.41. The van der Waals surface area contributed by atoms with E-state index in [1.807, 2.05) is 30.3 Å². The molecule has 2 heterocycles. The maximum Gasteiger partial charge on any atom is 0.226 e. The molecule has 5 nitrogen and oxygen atoms in total. The second-order valence-electron chi connectivity index (χ2n) is 5.41. The summed E-state index contributed by atoms with van der Waals surface area (Å²) in [6.45, 7) is 2.82. The van der Waals surface area contributed by atoms with Crippen LogP contribution in [0.5, 0.6) is 5.75 Å². The van der Waals surface area contributed by atoms with E-state index in [2.05, 4.69) is 15.5 Å². The third-order valence-corrected chi connectivity index (χ3v) is 3.78. The summed E-state index contributed by atoms with van der Waals surface area (Å²) in [4.78, 5) is 4.42. The predicted octanol–water partition coefficient (Wildman–Crippen LogP) is 2.23. The van der Waals surface area contributed by atoms with E-state index in [1.165, 1.54) is 6.42 Å². The van der Waals surface area contributed by atoms with E-state index in [4.69, 9.17) is 9.26 Å². The Labute approximate surface area is 124 Å². The van der Waals surface area contributed by atoms with E-state index in [-0.39, 0.29) is 0 Å². The van der Waals surface area contributed by atoms with Gasteiger partial charge in [0.15, 0.2) is 5.82 Å². The average molecular weight is 287 g/mol. The van der Waals surface area contributed by atoms with Crippen LogP contribution in [0.2, 0.25) is 0 Å². The van der Waals surface area contributed by atoms with Crippen molar-refractivity contribution in [1.82, 2.24) is 15.5 Å². The minimum Gasteiger partial charge on any atom is -0.493 e. The van der Waals surface area contributed by atoms with Crippen molar-refractivity contribution in [3.05, 3.63) is 42.0 Å². The van der Waals surface area contributed by atoms with Gasteiger partial charge in [-0.2, -0.15) is 4.98 Å². The lowest BCUT2D eigenvalue weighted by atomic mass is 10.0.